The Morgan fingerprint density at radius 3 is 2.24 bits per heavy atom. The van der Waals surface area contributed by atoms with E-state index < -0.39 is 47.1 Å². The third-order valence-corrected chi connectivity index (χ3v) is 7.58. The van der Waals surface area contributed by atoms with Crippen molar-refractivity contribution in [1.82, 2.24) is 0 Å². The monoisotopic (exact) mass is 572 g/mol. The summed E-state index contributed by atoms with van der Waals surface area (Å²) in [5.74, 6) is -6.71. The zero-order valence-electron chi connectivity index (χ0n) is 23.2. The largest absolute Gasteiger partial charge is 0.465 e. The maximum absolute atomic E-state index is 15.4. The summed E-state index contributed by atoms with van der Waals surface area (Å²) in [5.41, 5.74) is 7.86. The molecule has 3 aromatic rings. The number of rotatable bonds is 7. The number of hydrogen-bond donors (Lipinski definition) is 1. The zero-order valence-corrected chi connectivity index (χ0v) is 23.2. The van der Waals surface area contributed by atoms with Crippen LogP contribution in [0.1, 0.15) is 43.2 Å². The number of esters is 2. The van der Waals surface area contributed by atoms with Gasteiger partial charge in [0.25, 0.3) is 0 Å². The molecule has 0 bridgehead atoms. The van der Waals surface area contributed by atoms with Gasteiger partial charge in [0.2, 0.25) is 0 Å². The van der Waals surface area contributed by atoms with Crippen molar-refractivity contribution >= 4 is 23.4 Å². The van der Waals surface area contributed by atoms with Crippen molar-refractivity contribution in [2.45, 2.75) is 32.1 Å². The summed E-state index contributed by atoms with van der Waals surface area (Å²) in [6.45, 7) is 3.30. The van der Waals surface area contributed by atoms with Crippen LogP contribution in [0.25, 0.3) is 0 Å². The normalized spacial score (nSPS) is 20.3. The molecule has 7 nitrogen and oxygen atoms in total. The molecule has 0 amide bonds. The molecule has 0 saturated heterocycles. The van der Waals surface area contributed by atoms with Crippen LogP contribution in [0.3, 0.4) is 0 Å². The highest BCUT2D eigenvalue weighted by Gasteiger charge is 2.51. The van der Waals surface area contributed by atoms with Crippen molar-refractivity contribution in [3.05, 3.63) is 124 Å². The molecular weight excluding hydrogens is 542 g/mol. The Kier molecular flexibility index (Phi) is 8.20. The van der Waals surface area contributed by atoms with Crippen LogP contribution in [0.15, 0.2) is 102 Å². The number of anilines is 1. The Morgan fingerprint density at radius 1 is 0.905 bits per heavy atom. The number of hydrogen-bond acceptors (Lipinski definition) is 7. The van der Waals surface area contributed by atoms with Gasteiger partial charge in [-0.1, -0.05) is 54.6 Å². The smallest absolute Gasteiger partial charge is 0.338 e. The molecule has 0 unspecified atom stereocenters. The van der Waals surface area contributed by atoms with Crippen LogP contribution in [0.2, 0.25) is 0 Å². The lowest BCUT2D eigenvalue weighted by Crippen LogP contribution is -2.46. The zero-order chi connectivity index (χ0) is 30.0. The number of allylic oxidation sites excluding steroid dienone is 2. The van der Waals surface area contributed by atoms with E-state index in [1.807, 2.05) is 6.07 Å². The average Bonchev–Trinajstić information content (AvgIpc) is 2.97. The highest BCUT2D eigenvalue weighted by Crippen LogP contribution is 2.51. The van der Waals surface area contributed by atoms with E-state index >= 15 is 4.39 Å². The SMILES string of the molecule is CCOC(=O)C1=C(N)N(c2ccccc2F)C2=C(C(=O)[C@H](C(=O)OCC)[C@H](c3ccccc3)C2)[C@@H]1c1cccc(F)c1. The molecule has 3 atom stereocenters. The highest BCUT2D eigenvalue weighted by atomic mass is 19.1. The molecular formula is C33H30F2N2O5. The maximum Gasteiger partial charge on any atom is 0.338 e. The Bertz CT molecular complexity index is 1600. The third kappa shape index (κ3) is 5.06. The van der Waals surface area contributed by atoms with E-state index in [4.69, 9.17) is 15.2 Å². The molecule has 1 aliphatic carbocycles. The maximum atomic E-state index is 15.4. The van der Waals surface area contributed by atoms with Gasteiger partial charge in [-0.3, -0.25) is 14.5 Å². The number of para-hydroxylation sites is 1. The summed E-state index contributed by atoms with van der Waals surface area (Å²) in [5, 5.41) is 0. The first-order chi connectivity index (χ1) is 20.3. The molecule has 9 heteroatoms. The van der Waals surface area contributed by atoms with Gasteiger partial charge in [-0.05, 0) is 55.7 Å². The minimum atomic E-state index is -1.27. The van der Waals surface area contributed by atoms with E-state index in [-0.39, 0.29) is 47.9 Å². The molecule has 5 rings (SSSR count). The molecule has 0 radical (unpaired) electrons. The molecule has 0 saturated carbocycles. The van der Waals surface area contributed by atoms with Crippen molar-refractivity contribution in [2.75, 3.05) is 18.1 Å². The van der Waals surface area contributed by atoms with Crippen LogP contribution in [0, 0.1) is 17.6 Å². The lowest BCUT2D eigenvalue weighted by molar-refractivity contribution is -0.152. The van der Waals surface area contributed by atoms with Gasteiger partial charge >= 0.3 is 11.9 Å². The number of carbonyl (C=O) groups excluding carboxylic acids is 3. The van der Waals surface area contributed by atoms with Gasteiger partial charge in [-0.25, -0.2) is 13.6 Å². The van der Waals surface area contributed by atoms with Gasteiger partial charge in [-0.2, -0.15) is 0 Å². The van der Waals surface area contributed by atoms with Crippen LogP contribution < -0.4 is 10.6 Å². The number of ether oxygens (including phenoxy) is 2. The molecule has 216 valence electrons. The van der Waals surface area contributed by atoms with Crippen molar-refractivity contribution in [3.8, 4) is 0 Å². The van der Waals surface area contributed by atoms with E-state index in [9.17, 15) is 18.8 Å². The predicted molar refractivity (Wildman–Crippen MR) is 152 cm³/mol. The lowest BCUT2D eigenvalue weighted by Gasteiger charge is -2.44. The topological polar surface area (TPSA) is 98.9 Å². The van der Waals surface area contributed by atoms with Gasteiger partial charge in [0.05, 0.1) is 30.4 Å². The Balaban J connectivity index is 1.84. The van der Waals surface area contributed by atoms with Crippen molar-refractivity contribution in [2.24, 2.45) is 11.7 Å². The van der Waals surface area contributed by atoms with E-state index in [1.54, 1.807) is 50.2 Å². The lowest BCUT2D eigenvalue weighted by atomic mass is 9.67. The second-order valence-electron chi connectivity index (χ2n) is 9.97. The first-order valence-corrected chi connectivity index (χ1v) is 13.7. The van der Waals surface area contributed by atoms with Crippen LogP contribution >= 0.6 is 0 Å². The van der Waals surface area contributed by atoms with E-state index in [1.165, 1.54) is 41.3 Å². The summed E-state index contributed by atoms with van der Waals surface area (Å²) in [6.07, 6.45) is 0.0749. The fourth-order valence-corrected chi connectivity index (χ4v) is 5.88. The third-order valence-electron chi connectivity index (χ3n) is 7.58. The van der Waals surface area contributed by atoms with Crippen molar-refractivity contribution in [1.29, 1.82) is 0 Å². The summed E-state index contributed by atoms with van der Waals surface area (Å²) in [4.78, 5) is 42.9. The Hall–Kier alpha value is -4.79. The molecule has 0 spiro atoms. The number of Topliss-reactive ketones (excluding diaryl/α,β-unsaturated/α-hetero) is 1. The summed E-state index contributed by atoms with van der Waals surface area (Å²) in [6, 6.07) is 20.3. The minimum Gasteiger partial charge on any atom is -0.465 e. The number of benzene rings is 3. The average molecular weight is 573 g/mol. The summed E-state index contributed by atoms with van der Waals surface area (Å²) < 4.78 is 40.7. The van der Waals surface area contributed by atoms with Crippen molar-refractivity contribution < 1.29 is 32.6 Å². The standard InChI is InChI=1S/C33H30F2N2O5/c1-3-41-32(39)27-22(19-11-6-5-7-12-19)18-25-28(30(27)38)26(20-13-10-14-21(34)17-20)29(33(40)42-4-2)31(36)37(25)24-16-9-8-15-23(24)35/h5-17,22,26-27H,3-4,18,36H2,1-2H3/t22-,26-,27+/m0/s1. The summed E-state index contributed by atoms with van der Waals surface area (Å²) in [7, 11) is 0. The van der Waals surface area contributed by atoms with E-state index in [2.05, 4.69) is 0 Å². The molecule has 2 N–H and O–H groups in total. The first-order valence-electron chi connectivity index (χ1n) is 13.7. The molecule has 3 aromatic carbocycles. The second-order valence-corrected chi connectivity index (χ2v) is 9.97. The Labute approximate surface area is 242 Å². The first kappa shape index (κ1) is 28.7. The van der Waals surface area contributed by atoms with Crippen molar-refractivity contribution in [3.63, 3.8) is 0 Å². The molecule has 2 aliphatic rings. The number of carbonyl (C=O) groups is 3. The number of nitrogens with zero attached hydrogens (tertiary/aromatic N) is 1. The number of nitrogens with two attached hydrogens (primary N) is 1. The van der Waals surface area contributed by atoms with E-state index in [0.29, 0.717) is 11.3 Å². The van der Waals surface area contributed by atoms with Gasteiger partial charge in [0.1, 0.15) is 23.4 Å². The van der Waals surface area contributed by atoms with Gasteiger partial charge in [-0.15, -0.1) is 0 Å². The van der Waals surface area contributed by atoms with Gasteiger partial charge in [0.15, 0.2) is 5.78 Å². The van der Waals surface area contributed by atoms with E-state index in [0.717, 1.165) is 0 Å². The number of halogens is 2. The second kappa shape index (κ2) is 12.0. The fourth-order valence-electron chi connectivity index (χ4n) is 5.88. The molecule has 1 aliphatic heterocycles. The molecule has 1 heterocycles. The quantitative estimate of drug-likeness (QED) is 0.295. The van der Waals surface area contributed by atoms with Crippen LogP contribution in [0.4, 0.5) is 14.5 Å². The molecule has 0 fully saturated rings. The minimum absolute atomic E-state index is 0.00738. The molecule has 0 aromatic heterocycles. The van der Waals surface area contributed by atoms with Crippen LogP contribution in [0.5, 0.6) is 0 Å². The van der Waals surface area contributed by atoms with Crippen LogP contribution in [-0.4, -0.2) is 30.9 Å². The van der Waals surface area contributed by atoms with Gasteiger partial charge in [0, 0.05) is 17.2 Å². The number of ketones is 1. The Morgan fingerprint density at radius 2 is 1.57 bits per heavy atom. The van der Waals surface area contributed by atoms with Gasteiger partial charge < -0.3 is 15.2 Å². The fraction of sp³-hybridized carbons (Fsp3) is 0.242. The summed E-state index contributed by atoms with van der Waals surface area (Å²) >= 11 is 0. The highest BCUT2D eigenvalue weighted by molar-refractivity contribution is 6.14. The molecule has 42 heavy (non-hydrogen) atoms. The van der Waals surface area contributed by atoms with Crippen LogP contribution in [-0.2, 0) is 23.9 Å². The predicted octanol–water partition coefficient (Wildman–Crippen LogP) is 5.49.